The average molecular weight is 417 g/mol. The standard InChI is InChI=1S/C22H28N2O4S/c1-17-12-13-19(23-22(25)18(2)28-20-10-6-5-7-11-20)16-21(17)29(26,27)24-14-8-3-4-9-15-24/h5-7,10-13,16,18H,3-4,8-9,14-15H2,1-2H3,(H,23,25)/t18-/m0/s1. The normalized spacial score (nSPS) is 16.6. The van der Waals surface area contributed by atoms with E-state index < -0.39 is 16.1 Å². The van der Waals surface area contributed by atoms with Gasteiger partial charge in [-0.05, 0) is 56.5 Å². The van der Waals surface area contributed by atoms with Gasteiger partial charge in [-0.25, -0.2) is 8.42 Å². The Hall–Kier alpha value is -2.38. The molecule has 1 atom stereocenters. The third-order valence-electron chi connectivity index (χ3n) is 5.06. The van der Waals surface area contributed by atoms with Crippen molar-refractivity contribution in [3.8, 4) is 5.75 Å². The number of aryl methyl sites for hydroxylation is 1. The van der Waals surface area contributed by atoms with E-state index in [9.17, 15) is 13.2 Å². The lowest BCUT2D eigenvalue weighted by Gasteiger charge is -2.22. The van der Waals surface area contributed by atoms with Crippen LogP contribution >= 0.6 is 0 Å². The highest BCUT2D eigenvalue weighted by Crippen LogP contribution is 2.26. The molecule has 0 spiro atoms. The van der Waals surface area contributed by atoms with Crippen LogP contribution in [0.3, 0.4) is 0 Å². The molecule has 1 aliphatic heterocycles. The van der Waals surface area contributed by atoms with Crippen LogP contribution in [0.15, 0.2) is 53.4 Å². The van der Waals surface area contributed by atoms with Crippen molar-refractivity contribution in [3.05, 3.63) is 54.1 Å². The van der Waals surface area contributed by atoms with E-state index in [2.05, 4.69) is 5.32 Å². The maximum atomic E-state index is 13.2. The molecule has 1 heterocycles. The van der Waals surface area contributed by atoms with Gasteiger partial charge in [0.2, 0.25) is 10.0 Å². The van der Waals surface area contributed by atoms with Gasteiger partial charge in [0.05, 0.1) is 4.90 Å². The molecule has 0 aromatic heterocycles. The Balaban J connectivity index is 1.75. The molecular formula is C22H28N2O4S. The molecule has 1 aliphatic rings. The first-order valence-electron chi connectivity index (χ1n) is 10.0. The van der Waals surface area contributed by atoms with Crippen LogP contribution in [-0.4, -0.2) is 37.8 Å². The van der Waals surface area contributed by atoms with Gasteiger partial charge < -0.3 is 10.1 Å². The van der Waals surface area contributed by atoms with Gasteiger partial charge >= 0.3 is 0 Å². The number of carbonyl (C=O) groups excluding carboxylic acids is 1. The zero-order valence-electron chi connectivity index (χ0n) is 16.9. The number of hydrogen-bond acceptors (Lipinski definition) is 4. The van der Waals surface area contributed by atoms with Crippen LogP contribution in [0, 0.1) is 6.92 Å². The zero-order valence-corrected chi connectivity index (χ0v) is 17.7. The minimum Gasteiger partial charge on any atom is -0.481 e. The smallest absolute Gasteiger partial charge is 0.265 e. The summed E-state index contributed by atoms with van der Waals surface area (Å²) in [6.07, 6.45) is 3.15. The van der Waals surface area contributed by atoms with Crippen LogP contribution in [0.4, 0.5) is 5.69 Å². The molecule has 3 rings (SSSR count). The Labute approximate surface area is 172 Å². The topological polar surface area (TPSA) is 75.7 Å². The number of carbonyl (C=O) groups is 1. The van der Waals surface area contributed by atoms with Crippen LogP contribution in [0.25, 0.3) is 0 Å². The fourth-order valence-corrected chi connectivity index (χ4v) is 5.15. The number of nitrogens with zero attached hydrogens (tertiary/aromatic N) is 1. The van der Waals surface area contributed by atoms with E-state index in [0.29, 0.717) is 30.1 Å². The fourth-order valence-electron chi connectivity index (χ4n) is 3.38. The lowest BCUT2D eigenvalue weighted by molar-refractivity contribution is -0.122. The van der Waals surface area contributed by atoms with Gasteiger partial charge in [-0.1, -0.05) is 37.1 Å². The number of hydrogen-bond donors (Lipinski definition) is 1. The molecule has 1 N–H and O–H groups in total. The van der Waals surface area contributed by atoms with E-state index in [-0.39, 0.29) is 10.8 Å². The minimum absolute atomic E-state index is 0.244. The quantitative estimate of drug-likeness (QED) is 0.773. The number of rotatable bonds is 6. The molecule has 0 unspecified atom stereocenters. The maximum absolute atomic E-state index is 13.2. The van der Waals surface area contributed by atoms with Crippen LogP contribution in [0.2, 0.25) is 0 Å². The molecule has 1 amide bonds. The first-order valence-corrected chi connectivity index (χ1v) is 11.5. The molecule has 6 nitrogen and oxygen atoms in total. The molecular weight excluding hydrogens is 388 g/mol. The van der Waals surface area contributed by atoms with Gasteiger partial charge in [-0.2, -0.15) is 4.31 Å². The number of para-hydroxylation sites is 1. The molecule has 0 radical (unpaired) electrons. The van der Waals surface area contributed by atoms with Gasteiger partial charge in [-0.15, -0.1) is 0 Å². The largest absolute Gasteiger partial charge is 0.481 e. The predicted molar refractivity (Wildman–Crippen MR) is 114 cm³/mol. The van der Waals surface area contributed by atoms with E-state index >= 15 is 0 Å². The average Bonchev–Trinajstić information content (AvgIpc) is 3.00. The number of ether oxygens (including phenoxy) is 1. The maximum Gasteiger partial charge on any atom is 0.265 e. The number of nitrogens with one attached hydrogen (secondary N) is 1. The van der Waals surface area contributed by atoms with E-state index in [1.54, 1.807) is 48.5 Å². The summed E-state index contributed by atoms with van der Waals surface area (Å²) in [5.41, 5.74) is 1.11. The Kier molecular flexibility index (Phi) is 6.92. The summed E-state index contributed by atoms with van der Waals surface area (Å²) in [4.78, 5) is 12.8. The lowest BCUT2D eigenvalue weighted by atomic mass is 10.2. The first kappa shape index (κ1) is 21.3. The van der Waals surface area contributed by atoms with Crippen LogP contribution < -0.4 is 10.1 Å². The van der Waals surface area contributed by atoms with Gasteiger partial charge in [0.25, 0.3) is 5.91 Å². The monoisotopic (exact) mass is 416 g/mol. The number of sulfonamides is 1. The summed E-state index contributed by atoms with van der Waals surface area (Å²) in [6, 6.07) is 14.1. The Morgan fingerprint density at radius 1 is 1.03 bits per heavy atom. The predicted octanol–water partition coefficient (Wildman–Crippen LogP) is 3.97. The summed E-state index contributed by atoms with van der Waals surface area (Å²) < 4.78 is 33.5. The lowest BCUT2D eigenvalue weighted by Crippen LogP contribution is -2.33. The molecule has 0 bridgehead atoms. The summed E-state index contributed by atoms with van der Waals surface area (Å²) >= 11 is 0. The van der Waals surface area contributed by atoms with Crippen LogP contribution in [-0.2, 0) is 14.8 Å². The van der Waals surface area contributed by atoms with Crippen molar-refractivity contribution in [2.75, 3.05) is 18.4 Å². The highest BCUT2D eigenvalue weighted by atomic mass is 32.2. The van der Waals surface area contributed by atoms with Gasteiger partial charge in [-0.3, -0.25) is 4.79 Å². The molecule has 7 heteroatoms. The van der Waals surface area contributed by atoms with Crippen molar-refractivity contribution < 1.29 is 17.9 Å². The molecule has 0 aliphatic carbocycles. The van der Waals surface area contributed by atoms with Crippen molar-refractivity contribution in [1.82, 2.24) is 4.31 Å². The van der Waals surface area contributed by atoms with E-state index in [1.807, 2.05) is 18.2 Å². The van der Waals surface area contributed by atoms with Gasteiger partial charge in [0, 0.05) is 18.8 Å². The highest BCUT2D eigenvalue weighted by molar-refractivity contribution is 7.89. The zero-order chi connectivity index (χ0) is 20.9. The molecule has 2 aromatic rings. The van der Waals surface area contributed by atoms with Crippen molar-refractivity contribution in [2.24, 2.45) is 0 Å². The fraction of sp³-hybridized carbons (Fsp3) is 0.409. The van der Waals surface area contributed by atoms with E-state index in [0.717, 1.165) is 25.7 Å². The Bertz CT molecular complexity index is 937. The summed E-state index contributed by atoms with van der Waals surface area (Å²) in [5.74, 6) is 0.263. The van der Waals surface area contributed by atoms with Crippen LogP contribution in [0.1, 0.15) is 38.2 Å². The molecule has 1 saturated heterocycles. The number of benzene rings is 2. The molecule has 1 fully saturated rings. The number of anilines is 1. The second-order valence-electron chi connectivity index (χ2n) is 7.36. The second kappa shape index (κ2) is 9.41. The van der Waals surface area contributed by atoms with Crippen molar-refractivity contribution in [2.45, 2.75) is 50.5 Å². The summed E-state index contributed by atoms with van der Waals surface area (Å²) in [6.45, 7) is 4.52. The van der Waals surface area contributed by atoms with E-state index in [4.69, 9.17) is 4.74 Å². The molecule has 0 saturated carbocycles. The Morgan fingerprint density at radius 2 is 1.69 bits per heavy atom. The third kappa shape index (κ3) is 5.36. The molecule has 2 aromatic carbocycles. The van der Waals surface area contributed by atoms with Crippen molar-refractivity contribution in [3.63, 3.8) is 0 Å². The summed E-state index contributed by atoms with van der Waals surface area (Å²) in [5, 5.41) is 2.77. The SMILES string of the molecule is Cc1ccc(NC(=O)[C@H](C)Oc2ccccc2)cc1S(=O)(=O)N1CCCCCC1. The molecule has 156 valence electrons. The third-order valence-corrected chi connectivity index (χ3v) is 7.10. The highest BCUT2D eigenvalue weighted by Gasteiger charge is 2.27. The van der Waals surface area contributed by atoms with Crippen molar-refractivity contribution >= 4 is 21.6 Å². The molecule has 29 heavy (non-hydrogen) atoms. The Morgan fingerprint density at radius 3 is 2.34 bits per heavy atom. The summed E-state index contributed by atoms with van der Waals surface area (Å²) in [7, 11) is -3.59. The second-order valence-corrected chi connectivity index (χ2v) is 9.27. The minimum atomic E-state index is -3.59. The van der Waals surface area contributed by atoms with Gasteiger partial charge in [0.1, 0.15) is 5.75 Å². The van der Waals surface area contributed by atoms with Crippen molar-refractivity contribution in [1.29, 1.82) is 0 Å². The number of amides is 1. The van der Waals surface area contributed by atoms with Gasteiger partial charge in [0.15, 0.2) is 6.10 Å². The van der Waals surface area contributed by atoms with E-state index in [1.165, 1.54) is 0 Å². The van der Waals surface area contributed by atoms with Crippen LogP contribution in [0.5, 0.6) is 5.75 Å². The first-order chi connectivity index (χ1) is 13.9.